The summed E-state index contributed by atoms with van der Waals surface area (Å²) in [6, 6.07) is 4.86. The van der Waals surface area contributed by atoms with Crippen molar-refractivity contribution in [1.29, 1.82) is 0 Å². The summed E-state index contributed by atoms with van der Waals surface area (Å²) >= 11 is 0. The molecule has 1 saturated carbocycles. The Morgan fingerprint density at radius 1 is 1.30 bits per heavy atom. The smallest absolute Gasteiger partial charge is 0.392 e. The average molecular weight is 326 g/mol. The summed E-state index contributed by atoms with van der Waals surface area (Å²) in [5.41, 5.74) is 1.57. The summed E-state index contributed by atoms with van der Waals surface area (Å²) in [5, 5.41) is 2.59. The Balaban J connectivity index is 1.78. The Bertz CT molecular complexity index is 724. The van der Waals surface area contributed by atoms with E-state index in [0.29, 0.717) is 35.5 Å². The molecular weight excluding hydrogens is 309 g/mol. The molecule has 0 aliphatic heterocycles. The highest BCUT2D eigenvalue weighted by Gasteiger charge is 2.48. The fourth-order valence-corrected chi connectivity index (χ4v) is 3.19. The molecule has 3 rings (SSSR count). The Labute approximate surface area is 131 Å². The lowest BCUT2D eigenvalue weighted by molar-refractivity contribution is -0.197. The van der Waals surface area contributed by atoms with E-state index >= 15 is 0 Å². The molecule has 1 amide bonds. The number of halogens is 3. The molecule has 2 atom stereocenters. The van der Waals surface area contributed by atoms with Crippen molar-refractivity contribution in [3.05, 3.63) is 24.1 Å². The van der Waals surface area contributed by atoms with Crippen LogP contribution < -0.4 is 5.32 Å². The third kappa shape index (κ3) is 3.33. The van der Waals surface area contributed by atoms with Crippen molar-refractivity contribution in [3.8, 4) is 0 Å². The predicted molar refractivity (Wildman–Crippen MR) is 78.9 cm³/mol. The van der Waals surface area contributed by atoms with E-state index in [4.69, 9.17) is 4.42 Å². The number of carbonyl (C=O) groups is 1. The van der Waals surface area contributed by atoms with Gasteiger partial charge in [-0.1, -0.05) is 12.8 Å². The van der Waals surface area contributed by atoms with Gasteiger partial charge in [-0.15, -0.1) is 0 Å². The molecule has 0 spiro atoms. The Morgan fingerprint density at radius 2 is 2.04 bits per heavy atom. The highest BCUT2D eigenvalue weighted by molar-refractivity contribution is 5.94. The Morgan fingerprint density at radius 3 is 2.78 bits per heavy atom. The average Bonchev–Trinajstić information content (AvgIpc) is 2.85. The van der Waals surface area contributed by atoms with Crippen molar-refractivity contribution in [3.63, 3.8) is 0 Å². The molecule has 1 aliphatic rings. The van der Waals surface area contributed by atoms with E-state index in [9.17, 15) is 18.0 Å². The van der Waals surface area contributed by atoms with E-state index < -0.39 is 23.9 Å². The molecule has 0 saturated heterocycles. The maximum atomic E-state index is 13.1. The molecule has 1 N–H and O–H groups in total. The van der Waals surface area contributed by atoms with Gasteiger partial charge in [-0.05, 0) is 31.0 Å². The fourth-order valence-electron chi connectivity index (χ4n) is 3.19. The third-order valence-corrected chi connectivity index (χ3v) is 4.29. The molecule has 2 aromatic rings. The minimum absolute atomic E-state index is 0.0170. The van der Waals surface area contributed by atoms with E-state index in [1.54, 1.807) is 25.1 Å². The van der Waals surface area contributed by atoms with Crippen molar-refractivity contribution in [2.75, 3.05) is 5.32 Å². The number of oxazole rings is 1. The van der Waals surface area contributed by atoms with E-state index in [0.717, 1.165) is 0 Å². The van der Waals surface area contributed by atoms with Crippen LogP contribution in [0.25, 0.3) is 11.1 Å². The first-order valence-corrected chi connectivity index (χ1v) is 7.59. The lowest BCUT2D eigenvalue weighted by Crippen LogP contribution is -2.39. The van der Waals surface area contributed by atoms with Crippen LogP contribution in [0.1, 0.15) is 31.6 Å². The number of fused-ring (bicyclic) bond motifs is 1. The zero-order chi connectivity index (χ0) is 16.6. The van der Waals surface area contributed by atoms with E-state index in [-0.39, 0.29) is 12.8 Å². The van der Waals surface area contributed by atoms with Crippen molar-refractivity contribution in [2.45, 2.75) is 38.8 Å². The minimum Gasteiger partial charge on any atom is -0.441 e. The van der Waals surface area contributed by atoms with Gasteiger partial charge in [0.05, 0.1) is 5.92 Å². The van der Waals surface area contributed by atoms with Crippen LogP contribution in [0.5, 0.6) is 0 Å². The zero-order valence-electron chi connectivity index (χ0n) is 12.6. The molecule has 4 nitrogen and oxygen atoms in total. The van der Waals surface area contributed by atoms with Gasteiger partial charge >= 0.3 is 6.18 Å². The normalized spacial score (nSPS) is 22.3. The van der Waals surface area contributed by atoms with Gasteiger partial charge in [0.1, 0.15) is 5.52 Å². The van der Waals surface area contributed by atoms with Crippen LogP contribution in [0, 0.1) is 18.8 Å². The molecule has 124 valence electrons. The summed E-state index contributed by atoms with van der Waals surface area (Å²) in [6.45, 7) is 1.70. The van der Waals surface area contributed by atoms with Gasteiger partial charge in [0.15, 0.2) is 11.5 Å². The number of rotatable bonds is 2. The van der Waals surface area contributed by atoms with Crippen molar-refractivity contribution < 1.29 is 22.4 Å². The summed E-state index contributed by atoms with van der Waals surface area (Å²) in [5.74, 6) is -2.67. The van der Waals surface area contributed by atoms with Crippen LogP contribution in [0.3, 0.4) is 0 Å². The van der Waals surface area contributed by atoms with E-state index in [2.05, 4.69) is 10.3 Å². The molecule has 1 fully saturated rings. The molecule has 1 aliphatic carbocycles. The van der Waals surface area contributed by atoms with Gasteiger partial charge in [0.2, 0.25) is 5.91 Å². The second-order valence-corrected chi connectivity index (χ2v) is 5.94. The largest absolute Gasteiger partial charge is 0.441 e. The lowest BCUT2D eigenvalue weighted by Gasteiger charge is -2.31. The van der Waals surface area contributed by atoms with Gasteiger partial charge < -0.3 is 9.73 Å². The molecule has 0 radical (unpaired) electrons. The summed E-state index contributed by atoms with van der Waals surface area (Å²) in [7, 11) is 0. The third-order valence-electron chi connectivity index (χ3n) is 4.29. The molecule has 1 heterocycles. The molecular formula is C16H17F3N2O2. The van der Waals surface area contributed by atoms with Crippen molar-refractivity contribution >= 4 is 22.7 Å². The number of alkyl halides is 3. The number of anilines is 1. The first-order chi connectivity index (χ1) is 10.8. The standard InChI is InChI=1S/C16H17F3N2O2/c1-9-20-13-8-10(6-7-14(13)23-9)21-15(22)11-4-2-3-5-12(11)16(17,18)19/h6-8,11-12H,2-5H2,1H3,(H,21,22)/t11-,12-/m1/s1. The molecule has 23 heavy (non-hydrogen) atoms. The number of hydrogen-bond acceptors (Lipinski definition) is 3. The van der Waals surface area contributed by atoms with Crippen molar-refractivity contribution in [1.82, 2.24) is 4.98 Å². The van der Waals surface area contributed by atoms with Crippen LogP contribution in [0.4, 0.5) is 18.9 Å². The Hall–Kier alpha value is -2.05. The second kappa shape index (κ2) is 5.86. The van der Waals surface area contributed by atoms with Gasteiger partial charge in [-0.2, -0.15) is 13.2 Å². The Kier molecular flexibility index (Phi) is 4.04. The van der Waals surface area contributed by atoms with Gasteiger partial charge in [-0.25, -0.2) is 4.98 Å². The molecule has 1 aromatic carbocycles. The lowest BCUT2D eigenvalue weighted by atomic mass is 9.78. The number of aryl methyl sites for hydroxylation is 1. The quantitative estimate of drug-likeness (QED) is 0.887. The number of nitrogens with one attached hydrogen (secondary N) is 1. The van der Waals surface area contributed by atoms with Crippen LogP contribution in [0.15, 0.2) is 22.6 Å². The molecule has 0 unspecified atom stereocenters. The van der Waals surface area contributed by atoms with Crippen molar-refractivity contribution in [2.24, 2.45) is 11.8 Å². The fraction of sp³-hybridized carbons (Fsp3) is 0.500. The number of amides is 1. The monoisotopic (exact) mass is 326 g/mol. The molecule has 0 bridgehead atoms. The first-order valence-electron chi connectivity index (χ1n) is 7.59. The SMILES string of the molecule is Cc1nc2cc(NC(=O)[C@@H]3CCCC[C@H]3C(F)(F)F)ccc2o1. The number of nitrogens with zero attached hydrogens (tertiary/aromatic N) is 1. The highest BCUT2D eigenvalue weighted by atomic mass is 19.4. The van der Waals surface area contributed by atoms with E-state index in [1.807, 2.05) is 0 Å². The number of carbonyl (C=O) groups excluding carboxylic acids is 1. The van der Waals surface area contributed by atoms with Crippen LogP contribution >= 0.6 is 0 Å². The minimum atomic E-state index is -4.34. The maximum Gasteiger partial charge on any atom is 0.392 e. The number of hydrogen-bond donors (Lipinski definition) is 1. The van der Waals surface area contributed by atoms with Gasteiger partial charge in [0, 0.05) is 18.5 Å². The molecule has 7 heteroatoms. The maximum absolute atomic E-state index is 13.1. The van der Waals surface area contributed by atoms with Crippen LogP contribution in [0.2, 0.25) is 0 Å². The summed E-state index contributed by atoms with van der Waals surface area (Å²) in [6.07, 6.45) is -2.90. The first kappa shape index (κ1) is 15.8. The van der Waals surface area contributed by atoms with E-state index in [1.165, 1.54) is 0 Å². The number of benzene rings is 1. The van der Waals surface area contributed by atoms with Crippen LogP contribution in [-0.4, -0.2) is 17.1 Å². The zero-order valence-corrected chi connectivity index (χ0v) is 12.6. The second-order valence-electron chi connectivity index (χ2n) is 5.94. The summed E-state index contributed by atoms with van der Waals surface area (Å²) in [4.78, 5) is 16.5. The predicted octanol–water partition coefficient (Wildman–Crippen LogP) is 4.44. The number of aromatic nitrogens is 1. The summed E-state index contributed by atoms with van der Waals surface area (Å²) < 4.78 is 44.6. The van der Waals surface area contributed by atoms with Crippen LogP contribution in [-0.2, 0) is 4.79 Å². The van der Waals surface area contributed by atoms with Gasteiger partial charge in [0.25, 0.3) is 0 Å². The molecule has 1 aromatic heterocycles. The highest BCUT2D eigenvalue weighted by Crippen LogP contribution is 2.41. The van der Waals surface area contributed by atoms with Gasteiger partial charge in [-0.3, -0.25) is 4.79 Å². The topological polar surface area (TPSA) is 55.1 Å².